The van der Waals surface area contributed by atoms with Crippen molar-refractivity contribution in [2.24, 2.45) is 0 Å². The van der Waals surface area contributed by atoms with E-state index in [1.54, 1.807) is 0 Å². The third-order valence-corrected chi connectivity index (χ3v) is 3.00. The Morgan fingerprint density at radius 2 is 2.06 bits per heavy atom. The van der Waals surface area contributed by atoms with Crippen molar-refractivity contribution in [2.75, 3.05) is 17.7 Å². The van der Waals surface area contributed by atoms with Crippen molar-refractivity contribution in [1.29, 1.82) is 0 Å². The van der Waals surface area contributed by atoms with Gasteiger partial charge in [-0.1, -0.05) is 6.92 Å². The first-order chi connectivity index (χ1) is 7.93. The average Bonchev–Trinajstić information content (AvgIpc) is 2.30. The highest BCUT2D eigenvalue weighted by Gasteiger charge is 2.24. The molecule has 1 rings (SSSR count). The van der Waals surface area contributed by atoms with Crippen LogP contribution in [0.15, 0.2) is 12.1 Å². The number of rotatable bonds is 5. The molecule has 0 heterocycles. The van der Waals surface area contributed by atoms with E-state index in [0.717, 1.165) is 6.07 Å². The van der Waals surface area contributed by atoms with Crippen LogP contribution in [0.1, 0.15) is 26.7 Å². The number of hydrogen-bond donors (Lipinski definition) is 3. The summed E-state index contributed by atoms with van der Waals surface area (Å²) in [6.07, 6.45) is 1.09. The Balaban J connectivity index is 3.05. The van der Waals surface area contributed by atoms with Crippen molar-refractivity contribution in [2.45, 2.75) is 32.2 Å². The molecule has 0 aliphatic heterocycles. The summed E-state index contributed by atoms with van der Waals surface area (Å²) in [6.45, 7) is 3.69. The number of benzene rings is 1. The highest BCUT2D eigenvalue weighted by atomic mass is 19.2. The molecule has 0 saturated carbocycles. The van der Waals surface area contributed by atoms with E-state index in [4.69, 9.17) is 10.8 Å². The average molecular weight is 244 g/mol. The van der Waals surface area contributed by atoms with Crippen molar-refractivity contribution in [3.8, 4) is 0 Å². The molecule has 96 valence electrons. The molecular weight excluding hydrogens is 226 g/mol. The highest BCUT2D eigenvalue weighted by Crippen LogP contribution is 2.30. The first kappa shape index (κ1) is 13.7. The third-order valence-electron chi connectivity index (χ3n) is 3.00. The summed E-state index contributed by atoms with van der Waals surface area (Å²) in [4.78, 5) is 0. The molecule has 17 heavy (non-hydrogen) atoms. The first-order valence-corrected chi connectivity index (χ1v) is 5.56. The highest BCUT2D eigenvalue weighted by molar-refractivity contribution is 5.67. The van der Waals surface area contributed by atoms with Crippen LogP contribution in [0.4, 0.5) is 20.2 Å². The number of nitrogen functional groups attached to an aromatic ring is 1. The van der Waals surface area contributed by atoms with E-state index in [9.17, 15) is 8.78 Å². The molecular formula is C12H18F2N2O. The second kappa shape index (κ2) is 5.31. The first-order valence-electron chi connectivity index (χ1n) is 5.56. The van der Waals surface area contributed by atoms with Gasteiger partial charge in [0.2, 0.25) is 0 Å². The molecule has 0 fully saturated rings. The van der Waals surface area contributed by atoms with Crippen molar-refractivity contribution < 1.29 is 13.9 Å². The monoisotopic (exact) mass is 244 g/mol. The lowest BCUT2D eigenvalue weighted by molar-refractivity contribution is 0.251. The van der Waals surface area contributed by atoms with Gasteiger partial charge >= 0.3 is 0 Å². The summed E-state index contributed by atoms with van der Waals surface area (Å²) >= 11 is 0. The molecule has 0 bridgehead atoms. The van der Waals surface area contributed by atoms with Gasteiger partial charge in [-0.3, -0.25) is 0 Å². The van der Waals surface area contributed by atoms with Crippen molar-refractivity contribution >= 4 is 11.4 Å². The fourth-order valence-corrected chi connectivity index (χ4v) is 1.57. The number of halogens is 2. The number of hydrogen-bond acceptors (Lipinski definition) is 3. The van der Waals surface area contributed by atoms with Crippen LogP contribution in [-0.2, 0) is 0 Å². The standard InChI is InChI=1S/C12H18F2N2O/c1-3-12(2,6-7-17)16-11-9(15)5-4-8(13)10(11)14/h4-5,16-17H,3,6-7,15H2,1-2H3. The topological polar surface area (TPSA) is 58.3 Å². The van der Waals surface area contributed by atoms with Gasteiger partial charge in [0.15, 0.2) is 11.6 Å². The van der Waals surface area contributed by atoms with E-state index in [1.807, 2.05) is 13.8 Å². The summed E-state index contributed by atoms with van der Waals surface area (Å²) < 4.78 is 26.7. The Bertz CT molecular complexity index is 398. The Morgan fingerprint density at radius 1 is 1.41 bits per heavy atom. The molecule has 5 heteroatoms. The van der Waals surface area contributed by atoms with Gasteiger partial charge in [0.25, 0.3) is 0 Å². The van der Waals surface area contributed by atoms with Crippen LogP contribution < -0.4 is 11.1 Å². The predicted molar refractivity (Wildman–Crippen MR) is 64.8 cm³/mol. The van der Waals surface area contributed by atoms with Gasteiger partial charge in [0.1, 0.15) is 0 Å². The molecule has 1 aromatic carbocycles. The van der Waals surface area contributed by atoms with E-state index < -0.39 is 17.2 Å². The number of anilines is 2. The van der Waals surface area contributed by atoms with Gasteiger partial charge in [-0.25, -0.2) is 8.78 Å². The van der Waals surface area contributed by atoms with E-state index in [1.165, 1.54) is 6.07 Å². The largest absolute Gasteiger partial charge is 0.397 e. The van der Waals surface area contributed by atoms with E-state index in [2.05, 4.69) is 5.32 Å². The maximum Gasteiger partial charge on any atom is 0.183 e. The fraction of sp³-hybridized carbons (Fsp3) is 0.500. The molecule has 0 amide bonds. The molecule has 0 aliphatic rings. The van der Waals surface area contributed by atoms with Crippen molar-refractivity contribution in [3.05, 3.63) is 23.8 Å². The second-order valence-electron chi connectivity index (χ2n) is 4.34. The zero-order chi connectivity index (χ0) is 13.1. The summed E-state index contributed by atoms with van der Waals surface area (Å²) in [5.74, 6) is -1.92. The van der Waals surface area contributed by atoms with E-state index in [-0.39, 0.29) is 18.0 Å². The van der Waals surface area contributed by atoms with E-state index >= 15 is 0 Å². The van der Waals surface area contributed by atoms with E-state index in [0.29, 0.717) is 12.8 Å². The van der Waals surface area contributed by atoms with Gasteiger partial charge in [-0.05, 0) is 31.9 Å². The minimum Gasteiger partial charge on any atom is -0.397 e. The molecule has 4 N–H and O–H groups in total. The summed E-state index contributed by atoms with van der Waals surface area (Å²) in [7, 11) is 0. The number of nitrogens with one attached hydrogen (secondary N) is 1. The van der Waals surface area contributed by atoms with Gasteiger partial charge in [-0.15, -0.1) is 0 Å². The molecule has 3 nitrogen and oxygen atoms in total. The fourth-order valence-electron chi connectivity index (χ4n) is 1.57. The zero-order valence-electron chi connectivity index (χ0n) is 10.1. The smallest absolute Gasteiger partial charge is 0.183 e. The summed E-state index contributed by atoms with van der Waals surface area (Å²) in [6, 6.07) is 2.31. The van der Waals surface area contributed by atoms with Crippen molar-refractivity contribution in [1.82, 2.24) is 0 Å². The Hall–Kier alpha value is -1.36. The number of aliphatic hydroxyl groups is 1. The summed E-state index contributed by atoms with van der Waals surface area (Å²) in [5.41, 5.74) is 5.22. The maximum absolute atomic E-state index is 13.6. The van der Waals surface area contributed by atoms with Crippen LogP contribution in [0.2, 0.25) is 0 Å². The Morgan fingerprint density at radius 3 is 2.59 bits per heavy atom. The van der Waals surface area contributed by atoms with Crippen molar-refractivity contribution in [3.63, 3.8) is 0 Å². The molecule has 1 aromatic rings. The number of aliphatic hydroxyl groups excluding tert-OH is 1. The predicted octanol–water partition coefficient (Wildman–Crippen LogP) is 2.51. The molecule has 0 saturated heterocycles. The Kier molecular flexibility index (Phi) is 4.28. The SMILES string of the molecule is CCC(C)(CCO)Nc1c(N)ccc(F)c1F. The molecule has 1 unspecified atom stereocenters. The molecule has 0 radical (unpaired) electrons. The van der Waals surface area contributed by atoms with Crippen LogP contribution >= 0.6 is 0 Å². The third kappa shape index (κ3) is 3.06. The van der Waals surface area contributed by atoms with Gasteiger partial charge < -0.3 is 16.2 Å². The van der Waals surface area contributed by atoms with Crippen LogP contribution in [0, 0.1) is 11.6 Å². The lowest BCUT2D eigenvalue weighted by Crippen LogP contribution is -2.35. The molecule has 0 spiro atoms. The zero-order valence-corrected chi connectivity index (χ0v) is 10.1. The number of nitrogens with two attached hydrogens (primary N) is 1. The van der Waals surface area contributed by atoms with Crippen LogP contribution in [0.3, 0.4) is 0 Å². The minimum atomic E-state index is -0.984. The van der Waals surface area contributed by atoms with Gasteiger partial charge in [0, 0.05) is 12.1 Å². The maximum atomic E-state index is 13.6. The summed E-state index contributed by atoms with van der Waals surface area (Å²) in [5, 5.41) is 11.8. The normalized spacial score (nSPS) is 14.4. The molecule has 0 aromatic heterocycles. The molecule has 0 aliphatic carbocycles. The van der Waals surface area contributed by atoms with Gasteiger partial charge in [-0.2, -0.15) is 0 Å². The quantitative estimate of drug-likeness (QED) is 0.697. The lowest BCUT2D eigenvalue weighted by Gasteiger charge is -2.31. The van der Waals surface area contributed by atoms with Crippen LogP contribution in [0.5, 0.6) is 0 Å². The lowest BCUT2D eigenvalue weighted by atomic mass is 9.94. The Labute approximate surface area is 99.6 Å². The second-order valence-corrected chi connectivity index (χ2v) is 4.34. The van der Waals surface area contributed by atoms with Gasteiger partial charge in [0.05, 0.1) is 11.4 Å². The van der Waals surface area contributed by atoms with Crippen LogP contribution in [-0.4, -0.2) is 17.3 Å². The molecule has 1 atom stereocenters. The minimum absolute atomic E-state index is 0.0336. The van der Waals surface area contributed by atoms with Crippen LogP contribution in [0.25, 0.3) is 0 Å².